The Morgan fingerprint density at radius 1 is 1.14 bits per heavy atom. The molecule has 2 atom stereocenters. The molecule has 1 aromatic heterocycles. The van der Waals surface area contributed by atoms with Crippen molar-refractivity contribution in [2.45, 2.75) is 37.5 Å². The first-order valence-corrected chi connectivity index (χ1v) is 7.66. The van der Waals surface area contributed by atoms with E-state index in [0.29, 0.717) is 11.5 Å². The second kappa shape index (κ2) is 6.18. The molecule has 3 rings (SSSR count). The number of carboxylic acids is 1. The molecule has 2 N–H and O–H groups in total. The summed E-state index contributed by atoms with van der Waals surface area (Å²) in [4.78, 5) is 25.8. The number of carboxylic acid groups (broad SMARTS) is 1. The lowest BCUT2D eigenvalue weighted by molar-refractivity contribution is 0.0696. The van der Waals surface area contributed by atoms with Gasteiger partial charge >= 0.3 is 5.97 Å². The Bertz CT molecular complexity index is 721. The minimum absolute atomic E-state index is 0.127. The van der Waals surface area contributed by atoms with Crippen molar-refractivity contribution in [2.75, 3.05) is 0 Å². The van der Waals surface area contributed by atoms with Gasteiger partial charge < -0.3 is 10.1 Å². The molecule has 4 nitrogen and oxygen atoms in total. The van der Waals surface area contributed by atoms with Crippen molar-refractivity contribution in [2.24, 2.45) is 0 Å². The zero-order chi connectivity index (χ0) is 15.5. The number of benzene rings is 1. The van der Waals surface area contributed by atoms with Crippen LogP contribution in [0.2, 0.25) is 0 Å². The lowest BCUT2D eigenvalue weighted by Crippen LogP contribution is -2.22. The highest BCUT2D eigenvalue weighted by atomic mass is 16.4. The minimum atomic E-state index is -1.01. The van der Waals surface area contributed by atoms with E-state index in [-0.39, 0.29) is 17.0 Å². The SMILES string of the molecule is O=C(O)c1c[nH]c(=O)c(C2CCCC(c3ccccc3)C2)c1. The Balaban J connectivity index is 1.87. The summed E-state index contributed by atoms with van der Waals surface area (Å²) in [6.45, 7) is 0. The number of aromatic nitrogens is 1. The molecule has 0 spiro atoms. The lowest BCUT2D eigenvalue weighted by Gasteiger charge is -2.29. The fraction of sp³-hybridized carbons (Fsp3) is 0.333. The lowest BCUT2D eigenvalue weighted by atomic mass is 9.75. The molecule has 1 fully saturated rings. The van der Waals surface area contributed by atoms with Gasteiger partial charge in [0.15, 0.2) is 0 Å². The number of hydrogen-bond acceptors (Lipinski definition) is 2. The van der Waals surface area contributed by atoms with Crippen LogP contribution in [0.4, 0.5) is 0 Å². The fourth-order valence-electron chi connectivity index (χ4n) is 3.43. The quantitative estimate of drug-likeness (QED) is 0.910. The molecule has 1 aliphatic rings. The predicted molar refractivity (Wildman–Crippen MR) is 84.4 cm³/mol. The standard InChI is InChI=1S/C18H19NO3/c20-17-16(10-15(11-19-17)18(21)22)14-8-4-7-13(9-14)12-5-2-1-3-6-12/h1-3,5-6,10-11,13-14H,4,7-9H2,(H,19,20)(H,21,22). The Morgan fingerprint density at radius 2 is 1.86 bits per heavy atom. The van der Waals surface area contributed by atoms with Crippen LogP contribution in [0.3, 0.4) is 0 Å². The molecule has 0 amide bonds. The van der Waals surface area contributed by atoms with Gasteiger partial charge in [0.05, 0.1) is 5.56 Å². The van der Waals surface area contributed by atoms with Crippen LogP contribution >= 0.6 is 0 Å². The summed E-state index contributed by atoms with van der Waals surface area (Å²) in [5.74, 6) is -0.442. The van der Waals surface area contributed by atoms with E-state index in [1.807, 2.05) is 18.2 Å². The highest BCUT2D eigenvalue weighted by molar-refractivity contribution is 5.87. The summed E-state index contributed by atoms with van der Waals surface area (Å²) in [5, 5.41) is 9.11. The number of carbonyl (C=O) groups is 1. The van der Waals surface area contributed by atoms with Crippen molar-refractivity contribution in [3.8, 4) is 0 Å². The molecule has 0 radical (unpaired) electrons. The van der Waals surface area contributed by atoms with Gasteiger partial charge in [-0.05, 0) is 42.7 Å². The number of aromatic carboxylic acids is 1. The molecular weight excluding hydrogens is 278 g/mol. The summed E-state index contributed by atoms with van der Waals surface area (Å²) in [6, 6.07) is 11.9. The Hall–Kier alpha value is -2.36. The second-order valence-electron chi connectivity index (χ2n) is 5.95. The van der Waals surface area contributed by atoms with Crippen LogP contribution in [0, 0.1) is 0 Å². The van der Waals surface area contributed by atoms with Gasteiger partial charge in [0.1, 0.15) is 0 Å². The zero-order valence-electron chi connectivity index (χ0n) is 12.3. The molecular formula is C18H19NO3. The smallest absolute Gasteiger partial charge is 0.337 e. The number of rotatable bonds is 3. The predicted octanol–water partition coefficient (Wildman–Crippen LogP) is 3.51. The highest BCUT2D eigenvalue weighted by Gasteiger charge is 2.26. The molecule has 2 unspecified atom stereocenters. The minimum Gasteiger partial charge on any atom is -0.478 e. The summed E-state index contributed by atoms with van der Waals surface area (Å²) in [6.07, 6.45) is 5.29. The maximum absolute atomic E-state index is 12.1. The Morgan fingerprint density at radius 3 is 2.59 bits per heavy atom. The molecule has 22 heavy (non-hydrogen) atoms. The molecule has 1 heterocycles. The third kappa shape index (κ3) is 2.96. The van der Waals surface area contributed by atoms with E-state index in [4.69, 9.17) is 5.11 Å². The topological polar surface area (TPSA) is 70.2 Å². The van der Waals surface area contributed by atoms with E-state index in [1.165, 1.54) is 11.8 Å². The zero-order valence-corrected chi connectivity index (χ0v) is 12.3. The Labute approximate surface area is 128 Å². The van der Waals surface area contributed by atoms with E-state index in [1.54, 1.807) is 6.07 Å². The van der Waals surface area contributed by atoms with E-state index < -0.39 is 5.97 Å². The van der Waals surface area contributed by atoms with Gasteiger partial charge in [0.25, 0.3) is 5.56 Å². The van der Waals surface area contributed by atoms with E-state index in [0.717, 1.165) is 25.7 Å². The van der Waals surface area contributed by atoms with E-state index in [2.05, 4.69) is 17.1 Å². The Kier molecular flexibility index (Phi) is 4.09. The van der Waals surface area contributed by atoms with Crippen molar-refractivity contribution in [3.05, 3.63) is 69.6 Å². The molecule has 0 bridgehead atoms. The largest absolute Gasteiger partial charge is 0.478 e. The van der Waals surface area contributed by atoms with Gasteiger partial charge in [-0.25, -0.2) is 4.79 Å². The molecule has 4 heteroatoms. The summed E-state index contributed by atoms with van der Waals surface area (Å²) in [5.41, 5.74) is 1.90. The third-order valence-corrected chi connectivity index (χ3v) is 4.56. The summed E-state index contributed by atoms with van der Waals surface area (Å²) in [7, 11) is 0. The molecule has 1 aromatic carbocycles. The first kappa shape index (κ1) is 14.6. The number of aromatic amines is 1. The number of nitrogens with one attached hydrogen (secondary N) is 1. The molecule has 0 saturated heterocycles. The number of pyridine rings is 1. The first-order valence-electron chi connectivity index (χ1n) is 7.66. The van der Waals surface area contributed by atoms with Gasteiger partial charge in [-0.15, -0.1) is 0 Å². The van der Waals surface area contributed by atoms with Gasteiger partial charge in [-0.1, -0.05) is 36.8 Å². The molecule has 0 aliphatic heterocycles. The second-order valence-corrected chi connectivity index (χ2v) is 5.95. The number of hydrogen-bond donors (Lipinski definition) is 2. The van der Waals surface area contributed by atoms with E-state index >= 15 is 0 Å². The monoisotopic (exact) mass is 297 g/mol. The van der Waals surface area contributed by atoms with Crippen LogP contribution in [0.5, 0.6) is 0 Å². The fourth-order valence-corrected chi connectivity index (χ4v) is 3.43. The van der Waals surface area contributed by atoms with Crippen molar-refractivity contribution in [1.82, 2.24) is 4.98 Å². The van der Waals surface area contributed by atoms with Crippen LogP contribution in [0.1, 0.15) is 59.0 Å². The third-order valence-electron chi connectivity index (χ3n) is 4.56. The average Bonchev–Trinajstić information content (AvgIpc) is 2.56. The van der Waals surface area contributed by atoms with Crippen LogP contribution in [0.15, 0.2) is 47.4 Å². The number of H-pyrrole nitrogens is 1. The molecule has 114 valence electrons. The van der Waals surface area contributed by atoms with Gasteiger partial charge in [0.2, 0.25) is 0 Å². The summed E-state index contributed by atoms with van der Waals surface area (Å²) < 4.78 is 0. The van der Waals surface area contributed by atoms with Gasteiger partial charge in [-0.2, -0.15) is 0 Å². The van der Waals surface area contributed by atoms with Crippen LogP contribution in [-0.2, 0) is 0 Å². The van der Waals surface area contributed by atoms with Crippen LogP contribution < -0.4 is 5.56 Å². The van der Waals surface area contributed by atoms with Crippen LogP contribution in [-0.4, -0.2) is 16.1 Å². The maximum atomic E-state index is 12.1. The van der Waals surface area contributed by atoms with Crippen molar-refractivity contribution in [1.29, 1.82) is 0 Å². The first-order chi connectivity index (χ1) is 10.6. The van der Waals surface area contributed by atoms with Gasteiger partial charge in [-0.3, -0.25) is 4.79 Å². The maximum Gasteiger partial charge on any atom is 0.337 e. The van der Waals surface area contributed by atoms with E-state index in [9.17, 15) is 9.59 Å². The van der Waals surface area contributed by atoms with Crippen molar-refractivity contribution >= 4 is 5.97 Å². The summed E-state index contributed by atoms with van der Waals surface area (Å²) >= 11 is 0. The van der Waals surface area contributed by atoms with Crippen molar-refractivity contribution < 1.29 is 9.90 Å². The molecule has 2 aromatic rings. The average molecular weight is 297 g/mol. The molecule has 1 aliphatic carbocycles. The van der Waals surface area contributed by atoms with Gasteiger partial charge in [0, 0.05) is 11.8 Å². The molecule has 1 saturated carbocycles. The van der Waals surface area contributed by atoms with Crippen molar-refractivity contribution in [3.63, 3.8) is 0 Å². The highest BCUT2D eigenvalue weighted by Crippen LogP contribution is 2.40. The normalized spacial score (nSPS) is 21.5. The van der Waals surface area contributed by atoms with Crippen LogP contribution in [0.25, 0.3) is 0 Å².